The molecule has 0 saturated heterocycles. The number of carbonyl (C=O) groups excluding carboxylic acids is 1. The average molecular weight is 426 g/mol. The number of anilines is 2. The van der Waals surface area contributed by atoms with E-state index in [4.69, 9.17) is 4.74 Å². The van der Waals surface area contributed by atoms with Crippen LogP contribution in [-0.4, -0.2) is 27.5 Å². The summed E-state index contributed by atoms with van der Waals surface area (Å²) < 4.78 is 46.8. The van der Waals surface area contributed by atoms with Gasteiger partial charge in [0, 0.05) is 13.5 Å². The number of nitrogens with zero attached hydrogens (tertiary/aromatic N) is 1. The summed E-state index contributed by atoms with van der Waals surface area (Å²) in [5.41, 5.74) is 1.57. The molecule has 0 spiro atoms. The monoisotopic (exact) mass is 426 g/mol. The van der Waals surface area contributed by atoms with Crippen molar-refractivity contribution in [1.29, 1.82) is 0 Å². The maximum absolute atomic E-state index is 13.4. The van der Waals surface area contributed by atoms with E-state index in [1.165, 1.54) is 36.4 Å². The van der Waals surface area contributed by atoms with Crippen molar-refractivity contribution in [2.45, 2.75) is 17.4 Å². The molecule has 1 atom stereocenters. The molecule has 0 unspecified atom stereocenters. The highest BCUT2D eigenvalue weighted by Gasteiger charge is 2.33. The highest BCUT2D eigenvalue weighted by atomic mass is 32.2. The first-order valence-corrected chi connectivity index (χ1v) is 10.7. The van der Waals surface area contributed by atoms with E-state index in [0.29, 0.717) is 12.1 Å². The first-order chi connectivity index (χ1) is 14.3. The molecule has 1 N–H and O–H groups in total. The molecule has 4 rings (SSSR count). The van der Waals surface area contributed by atoms with E-state index in [-0.39, 0.29) is 16.3 Å². The highest BCUT2D eigenvalue weighted by Crippen LogP contribution is 2.36. The molecule has 6 nitrogen and oxygen atoms in total. The minimum absolute atomic E-state index is 0.0197. The fourth-order valence-corrected chi connectivity index (χ4v) is 4.42. The average Bonchev–Trinajstić information content (AvgIpc) is 2.71. The number of hydrogen-bond donors (Lipinski definition) is 1. The quantitative estimate of drug-likeness (QED) is 0.499. The van der Waals surface area contributed by atoms with E-state index < -0.39 is 27.9 Å². The van der Waals surface area contributed by atoms with Crippen LogP contribution in [0.2, 0.25) is 0 Å². The van der Waals surface area contributed by atoms with Gasteiger partial charge in [0.2, 0.25) is 0 Å². The molecule has 0 radical (unpaired) electrons. The van der Waals surface area contributed by atoms with Gasteiger partial charge in [-0.2, -0.15) is 0 Å². The normalized spacial score (nSPS) is 16.0. The van der Waals surface area contributed by atoms with Gasteiger partial charge < -0.3 is 9.64 Å². The third-order valence-electron chi connectivity index (χ3n) is 4.92. The molecule has 1 heterocycles. The largest absolute Gasteiger partial charge is 0.423 e. The number of nitrogens with one attached hydrogen (secondary N) is 1. The maximum atomic E-state index is 13.4. The standard InChI is InChI=1S/C22H19FN2O4S/c1-25-19-14-18(30(27,28)24-17-9-5-8-16(23)13-17)10-11-21(19)29-22(26)20(25)12-15-6-3-2-4-7-15/h2-11,13-14,20,24H,12H2,1H3/t20-/m0/s1. The maximum Gasteiger partial charge on any atom is 0.334 e. The number of esters is 1. The zero-order chi connectivity index (χ0) is 21.3. The number of fused-ring (bicyclic) bond motifs is 1. The molecule has 3 aromatic carbocycles. The number of hydrogen-bond acceptors (Lipinski definition) is 5. The Kier molecular flexibility index (Phi) is 5.17. The van der Waals surface area contributed by atoms with Crippen molar-refractivity contribution >= 4 is 27.4 Å². The van der Waals surface area contributed by atoms with E-state index in [0.717, 1.165) is 11.6 Å². The van der Waals surface area contributed by atoms with Gasteiger partial charge in [0.15, 0.2) is 5.75 Å². The minimum Gasteiger partial charge on any atom is -0.423 e. The summed E-state index contributed by atoms with van der Waals surface area (Å²) in [6, 6.07) is 18.4. The predicted molar refractivity (Wildman–Crippen MR) is 112 cm³/mol. The Labute approximate surface area is 174 Å². The summed E-state index contributed by atoms with van der Waals surface area (Å²) in [5.74, 6) is -0.657. The van der Waals surface area contributed by atoms with Crippen LogP contribution in [0.1, 0.15) is 5.56 Å². The summed E-state index contributed by atoms with van der Waals surface area (Å²) in [5, 5.41) is 0. The SMILES string of the molecule is CN1c2cc(S(=O)(=O)Nc3cccc(F)c3)ccc2OC(=O)[C@@H]1Cc1ccccc1. The van der Waals surface area contributed by atoms with E-state index in [9.17, 15) is 17.6 Å². The van der Waals surface area contributed by atoms with Gasteiger partial charge in [0.05, 0.1) is 16.3 Å². The van der Waals surface area contributed by atoms with Crippen LogP contribution in [0.15, 0.2) is 77.7 Å². The molecule has 0 aromatic heterocycles. The van der Waals surface area contributed by atoms with Gasteiger partial charge in [-0.05, 0) is 42.0 Å². The van der Waals surface area contributed by atoms with Crippen molar-refractivity contribution in [1.82, 2.24) is 0 Å². The number of halogens is 1. The number of carbonyl (C=O) groups is 1. The van der Waals surface area contributed by atoms with Crippen LogP contribution in [0.5, 0.6) is 5.75 Å². The van der Waals surface area contributed by atoms with Crippen molar-refractivity contribution in [3.63, 3.8) is 0 Å². The lowest BCUT2D eigenvalue weighted by atomic mass is 10.0. The highest BCUT2D eigenvalue weighted by molar-refractivity contribution is 7.92. The number of sulfonamides is 1. The van der Waals surface area contributed by atoms with Gasteiger partial charge in [-0.15, -0.1) is 0 Å². The first-order valence-electron chi connectivity index (χ1n) is 9.24. The van der Waals surface area contributed by atoms with Crippen LogP contribution >= 0.6 is 0 Å². The lowest BCUT2D eigenvalue weighted by Gasteiger charge is -2.34. The fourth-order valence-electron chi connectivity index (χ4n) is 3.35. The third kappa shape index (κ3) is 3.99. The second-order valence-electron chi connectivity index (χ2n) is 6.98. The minimum atomic E-state index is -3.96. The Balaban J connectivity index is 1.63. The second kappa shape index (κ2) is 7.79. The van der Waals surface area contributed by atoms with Crippen LogP contribution in [-0.2, 0) is 21.2 Å². The van der Waals surface area contributed by atoms with Crippen LogP contribution in [0.25, 0.3) is 0 Å². The van der Waals surface area contributed by atoms with Crippen molar-refractivity contribution in [2.24, 2.45) is 0 Å². The molecule has 3 aromatic rings. The van der Waals surface area contributed by atoms with Crippen LogP contribution in [0, 0.1) is 5.82 Å². The lowest BCUT2D eigenvalue weighted by molar-refractivity contribution is -0.136. The van der Waals surface area contributed by atoms with E-state index in [1.807, 2.05) is 30.3 Å². The molecule has 154 valence electrons. The molecule has 0 saturated carbocycles. The van der Waals surface area contributed by atoms with Gasteiger partial charge in [-0.25, -0.2) is 17.6 Å². The predicted octanol–water partition coefficient (Wildman–Crippen LogP) is 3.59. The topological polar surface area (TPSA) is 75.7 Å². The fraction of sp³-hybridized carbons (Fsp3) is 0.136. The number of rotatable bonds is 5. The van der Waals surface area contributed by atoms with Crippen molar-refractivity contribution in [2.75, 3.05) is 16.7 Å². The Morgan fingerprint density at radius 1 is 1.03 bits per heavy atom. The van der Waals surface area contributed by atoms with Crippen LogP contribution in [0.3, 0.4) is 0 Å². The van der Waals surface area contributed by atoms with Crippen molar-refractivity contribution in [3.05, 3.63) is 84.2 Å². The molecule has 1 aliphatic heterocycles. The van der Waals surface area contributed by atoms with E-state index in [1.54, 1.807) is 11.9 Å². The zero-order valence-corrected chi connectivity index (χ0v) is 16.9. The van der Waals surface area contributed by atoms with Gasteiger partial charge in [0.1, 0.15) is 11.9 Å². The molecule has 30 heavy (non-hydrogen) atoms. The van der Waals surface area contributed by atoms with Crippen LogP contribution < -0.4 is 14.4 Å². The van der Waals surface area contributed by atoms with Gasteiger partial charge in [-0.1, -0.05) is 36.4 Å². The van der Waals surface area contributed by atoms with Gasteiger partial charge in [-0.3, -0.25) is 4.72 Å². The molecule has 1 aliphatic rings. The van der Waals surface area contributed by atoms with Crippen molar-refractivity contribution in [3.8, 4) is 5.75 Å². The van der Waals surface area contributed by atoms with E-state index >= 15 is 0 Å². The number of likely N-dealkylation sites (N-methyl/N-ethyl adjacent to an activating group) is 1. The molecule has 0 aliphatic carbocycles. The smallest absolute Gasteiger partial charge is 0.334 e. The summed E-state index contributed by atoms with van der Waals surface area (Å²) in [6.07, 6.45) is 0.425. The van der Waals surface area contributed by atoms with Gasteiger partial charge in [0.25, 0.3) is 10.0 Å². The Morgan fingerprint density at radius 3 is 2.53 bits per heavy atom. The van der Waals surface area contributed by atoms with E-state index in [2.05, 4.69) is 4.72 Å². The number of ether oxygens (including phenoxy) is 1. The first kappa shape index (κ1) is 19.9. The second-order valence-corrected chi connectivity index (χ2v) is 8.67. The summed E-state index contributed by atoms with van der Waals surface area (Å²) >= 11 is 0. The molecule has 0 amide bonds. The molecule has 8 heteroatoms. The summed E-state index contributed by atoms with van der Waals surface area (Å²) in [6.45, 7) is 0. The molecule has 0 bridgehead atoms. The third-order valence-corrected chi connectivity index (χ3v) is 6.30. The Hall–Kier alpha value is -3.39. The van der Waals surface area contributed by atoms with Gasteiger partial charge >= 0.3 is 5.97 Å². The zero-order valence-electron chi connectivity index (χ0n) is 16.1. The summed E-state index contributed by atoms with van der Waals surface area (Å²) in [7, 11) is -2.24. The molecular formula is C22H19FN2O4S. The van der Waals surface area contributed by atoms with Crippen molar-refractivity contribution < 1.29 is 22.3 Å². The molecule has 0 fully saturated rings. The summed E-state index contributed by atoms with van der Waals surface area (Å²) in [4.78, 5) is 14.2. The number of benzene rings is 3. The Bertz CT molecular complexity index is 1200. The van der Waals surface area contributed by atoms with Crippen LogP contribution in [0.4, 0.5) is 15.8 Å². The lowest BCUT2D eigenvalue weighted by Crippen LogP contribution is -2.46. The Morgan fingerprint density at radius 2 is 1.80 bits per heavy atom. The molecular weight excluding hydrogens is 407 g/mol.